The van der Waals surface area contributed by atoms with Crippen LogP contribution in [0.1, 0.15) is 32.1 Å². The van der Waals surface area contributed by atoms with E-state index in [0.29, 0.717) is 0 Å². The van der Waals surface area contributed by atoms with Gasteiger partial charge in [-0.3, -0.25) is 4.98 Å². The van der Waals surface area contributed by atoms with Crippen LogP contribution >= 0.6 is 0 Å². The molecule has 2 atom stereocenters. The van der Waals surface area contributed by atoms with E-state index in [9.17, 15) is 0 Å². The smallest absolute Gasteiger partial charge is 0.0632 e. The maximum atomic E-state index is 6.45. The molecule has 3 nitrogen and oxygen atoms in total. The van der Waals surface area contributed by atoms with Crippen LogP contribution in [-0.2, 0) is 0 Å². The van der Waals surface area contributed by atoms with Crippen LogP contribution in [0, 0.1) is 11.8 Å². The van der Waals surface area contributed by atoms with Crippen molar-refractivity contribution in [3.63, 3.8) is 0 Å². The molecule has 0 amide bonds. The molecule has 0 radical (unpaired) electrons. The molecular weight excluding hydrogens is 258 g/mol. The molecule has 2 heterocycles. The second-order valence-corrected chi connectivity index (χ2v) is 6.63. The molecule has 4 rings (SSSR count). The average Bonchev–Trinajstić information content (AvgIpc) is 2.55. The molecular formula is C18H23N3. The molecule has 1 aromatic carbocycles. The van der Waals surface area contributed by atoms with E-state index in [1.807, 2.05) is 18.5 Å². The summed E-state index contributed by atoms with van der Waals surface area (Å²) in [7, 11) is 0. The van der Waals surface area contributed by atoms with Crippen LogP contribution < -0.4 is 10.6 Å². The molecule has 0 spiro atoms. The van der Waals surface area contributed by atoms with E-state index in [1.54, 1.807) is 0 Å². The largest absolute Gasteiger partial charge is 0.397 e. The first-order valence-electron chi connectivity index (χ1n) is 8.20. The lowest BCUT2D eigenvalue weighted by Crippen LogP contribution is -2.42. The lowest BCUT2D eigenvalue weighted by Gasteiger charge is -2.42. The molecule has 1 saturated carbocycles. The third kappa shape index (κ3) is 2.25. The zero-order valence-electron chi connectivity index (χ0n) is 12.5. The summed E-state index contributed by atoms with van der Waals surface area (Å²) in [5.74, 6) is 1.83. The van der Waals surface area contributed by atoms with Crippen molar-refractivity contribution in [2.75, 3.05) is 23.7 Å². The van der Waals surface area contributed by atoms with Crippen molar-refractivity contribution in [2.45, 2.75) is 32.1 Å². The van der Waals surface area contributed by atoms with Crippen LogP contribution in [0.3, 0.4) is 0 Å². The quantitative estimate of drug-likeness (QED) is 0.808. The molecule has 1 aliphatic heterocycles. The van der Waals surface area contributed by atoms with Gasteiger partial charge in [0.15, 0.2) is 0 Å². The van der Waals surface area contributed by atoms with Crippen molar-refractivity contribution in [3.8, 4) is 0 Å². The SMILES string of the molecule is Nc1c(N2CCC3CCCCC3C2)ccc2cnccc12. The highest BCUT2D eigenvalue weighted by Crippen LogP contribution is 2.39. The zero-order chi connectivity index (χ0) is 14.2. The Balaban J connectivity index is 1.65. The van der Waals surface area contributed by atoms with Gasteiger partial charge in [0.2, 0.25) is 0 Å². The molecule has 2 aromatic rings. The Morgan fingerprint density at radius 2 is 1.90 bits per heavy atom. The number of hydrogen-bond donors (Lipinski definition) is 1. The molecule has 110 valence electrons. The summed E-state index contributed by atoms with van der Waals surface area (Å²) in [4.78, 5) is 6.70. The normalized spacial score (nSPS) is 25.8. The number of nitrogens with two attached hydrogens (primary N) is 1. The lowest BCUT2D eigenvalue weighted by atomic mass is 9.75. The highest BCUT2D eigenvalue weighted by atomic mass is 15.1. The van der Waals surface area contributed by atoms with E-state index in [1.165, 1.54) is 44.3 Å². The standard InChI is InChI=1S/C18H23N3/c19-18-16-7-9-20-11-14(16)5-6-17(18)21-10-8-13-3-1-2-4-15(13)12-21/h5-7,9,11,13,15H,1-4,8,10,12,19H2. The second-order valence-electron chi connectivity index (χ2n) is 6.63. The summed E-state index contributed by atoms with van der Waals surface area (Å²) >= 11 is 0. The number of rotatable bonds is 1. The number of nitrogen functional groups attached to an aromatic ring is 1. The molecule has 2 unspecified atom stereocenters. The molecule has 3 heteroatoms. The van der Waals surface area contributed by atoms with Gasteiger partial charge in [-0.1, -0.05) is 25.3 Å². The van der Waals surface area contributed by atoms with Crippen LogP contribution in [0.15, 0.2) is 30.6 Å². The van der Waals surface area contributed by atoms with Gasteiger partial charge in [0, 0.05) is 36.3 Å². The molecule has 1 aliphatic carbocycles. The third-order valence-electron chi connectivity index (χ3n) is 5.47. The summed E-state index contributed by atoms with van der Waals surface area (Å²) in [6, 6.07) is 6.37. The highest BCUT2D eigenvalue weighted by molar-refractivity contribution is 5.98. The highest BCUT2D eigenvalue weighted by Gasteiger charge is 2.31. The van der Waals surface area contributed by atoms with Crippen LogP contribution in [0.4, 0.5) is 11.4 Å². The summed E-state index contributed by atoms with van der Waals surface area (Å²) in [6.07, 6.45) is 10.7. The average molecular weight is 281 g/mol. The summed E-state index contributed by atoms with van der Waals surface area (Å²) < 4.78 is 0. The molecule has 2 N–H and O–H groups in total. The summed E-state index contributed by atoms with van der Waals surface area (Å²) in [5, 5.41) is 2.26. The van der Waals surface area contributed by atoms with Gasteiger partial charge in [0.05, 0.1) is 11.4 Å². The monoisotopic (exact) mass is 281 g/mol. The Morgan fingerprint density at radius 1 is 1.05 bits per heavy atom. The lowest BCUT2D eigenvalue weighted by molar-refractivity contribution is 0.202. The summed E-state index contributed by atoms with van der Waals surface area (Å²) in [5.41, 5.74) is 8.59. The summed E-state index contributed by atoms with van der Waals surface area (Å²) in [6.45, 7) is 2.34. The maximum absolute atomic E-state index is 6.45. The first-order valence-corrected chi connectivity index (χ1v) is 8.20. The minimum Gasteiger partial charge on any atom is -0.397 e. The second kappa shape index (κ2) is 5.21. The Kier molecular flexibility index (Phi) is 3.21. The van der Waals surface area contributed by atoms with E-state index in [4.69, 9.17) is 5.73 Å². The van der Waals surface area contributed by atoms with Crippen molar-refractivity contribution >= 4 is 22.1 Å². The molecule has 1 aromatic heterocycles. The van der Waals surface area contributed by atoms with Crippen molar-refractivity contribution < 1.29 is 0 Å². The maximum Gasteiger partial charge on any atom is 0.0632 e. The fraction of sp³-hybridized carbons (Fsp3) is 0.500. The van der Waals surface area contributed by atoms with Gasteiger partial charge in [0.1, 0.15) is 0 Å². The molecule has 2 fully saturated rings. The molecule has 21 heavy (non-hydrogen) atoms. The number of nitrogens with zero attached hydrogens (tertiary/aromatic N) is 2. The predicted octanol–water partition coefficient (Wildman–Crippen LogP) is 3.83. The van der Waals surface area contributed by atoms with Crippen LogP contribution in [0.25, 0.3) is 10.8 Å². The van der Waals surface area contributed by atoms with Crippen molar-refractivity contribution in [3.05, 3.63) is 30.6 Å². The number of hydrogen-bond acceptors (Lipinski definition) is 3. The first kappa shape index (κ1) is 12.9. The van der Waals surface area contributed by atoms with E-state index in [0.717, 1.165) is 34.8 Å². The van der Waals surface area contributed by atoms with Gasteiger partial charge < -0.3 is 10.6 Å². The predicted molar refractivity (Wildman–Crippen MR) is 88.4 cm³/mol. The number of piperidine rings is 1. The number of pyridine rings is 1. The van der Waals surface area contributed by atoms with Gasteiger partial charge in [-0.15, -0.1) is 0 Å². The topological polar surface area (TPSA) is 42.1 Å². The van der Waals surface area contributed by atoms with E-state index in [2.05, 4.69) is 22.0 Å². The minimum atomic E-state index is 0.875. The van der Waals surface area contributed by atoms with Gasteiger partial charge in [-0.2, -0.15) is 0 Å². The van der Waals surface area contributed by atoms with Gasteiger partial charge >= 0.3 is 0 Å². The van der Waals surface area contributed by atoms with E-state index < -0.39 is 0 Å². The first-order chi connectivity index (χ1) is 10.3. The Bertz CT molecular complexity index is 652. The van der Waals surface area contributed by atoms with Crippen LogP contribution in [0.2, 0.25) is 0 Å². The Morgan fingerprint density at radius 3 is 2.81 bits per heavy atom. The number of aromatic nitrogens is 1. The van der Waals surface area contributed by atoms with Crippen molar-refractivity contribution in [1.82, 2.24) is 4.98 Å². The fourth-order valence-electron chi connectivity index (χ4n) is 4.28. The van der Waals surface area contributed by atoms with Crippen LogP contribution in [0.5, 0.6) is 0 Å². The molecule has 1 saturated heterocycles. The third-order valence-corrected chi connectivity index (χ3v) is 5.47. The molecule has 0 bridgehead atoms. The minimum absolute atomic E-state index is 0.875. The Hall–Kier alpha value is -1.77. The van der Waals surface area contributed by atoms with Crippen molar-refractivity contribution in [2.24, 2.45) is 11.8 Å². The van der Waals surface area contributed by atoms with Gasteiger partial charge in [0.25, 0.3) is 0 Å². The van der Waals surface area contributed by atoms with Gasteiger partial charge in [-0.25, -0.2) is 0 Å². The Labute approximate surface area is 126 Å². The number of benzene rings is 1. The van der Waals surface area contributed by atoms with Gasteiger partial charge in [-0.05, 0) is 36.8 Å². The van der Waals surface area contributed by atoms with Crippen molar-refractivity contribution in [1.29, 1.82) is 0 Å². The number of anilines is 2. The molecule has 2 aliphatic rings. The fourth-order valence-corrected chi connectivity index (χ4v) is 4.28. The van der Waals surface area contributed by atoms with Crippen LogP contribution in [-0.4, -0.2) is 18.1 Å². The van der Waals surface area contributed by atoms with E-state index >= 15 is 0 Å². The zero-order valence-corrected chi connectivity index (χ0v) is 12.5. The van der Waals surface area contributed by atoms with E-state index in [-0.39, 0.29) is 0 Å². The number of fused-ring (bicyclic) bond motifs is 2.